The minimum atomic E-state index is -0.298. The number of rotatable bonds is 5. The van der Waals surface area contributed by atoms with Crippen LogP contribution in [0.5, 0.6) is 0 Å². The molecule has 15 heavy (non-hydrogen) atoms. The van der Waals surface area contributed by atoms with Gasteiger partial charge in [0.05, 0.1) is 18.5 Å². The predicted octanol–water partition coefficient (Wildman–Crippen LogP) is 0.443. The van der Waals surface area contributed by atoms with Crippen LogP contribution in [0.25, 0.3) is 0 Å². The number of Topliss-reactive ketones (excluding diaryl/α,β-unsaturated/α-hetero) is 1. The summed E-state index contributed by atoms with van der Waals surface area (Å²) in [6, 6.07) is 1.60. The molecule has 0 unspecified atom stereocenters. The van der Waals surface area contributed by atoms with E-state index in [9.17, 15) is 4.79 Å². The zero-order valence-corrected chi connectivity index (χ0v) is 8.45. The molecule has 1 aromatic heterocycles. The minimum Gasteiger partial charge on any atom is -0.395 e. The number of nitrogens with one attached hydrogen (secondary N) is 2. The van der Waals surface area contributed by atoms with E-state index in [1.165, 1.54) is 19.3 Å². The zero-order valence-electron chi connectivity index (χ0n) is 8.45. The van der Waals surface area contributed by atoms with Crippen LogP contribution in [0.15, 0.2) is 18.5 Å². The van der Waals surface area contributed by atoms with E-state index in [4.69, 9.17) is 10.5 Å². The lowest BCUT2D eigenvalue weighted by molar-refractivity contribution is -0.111. The number of carbonyl (C=O) groups excluding carboxylic acids is 1. The summed E-state index contributed by atoms with van der Waals surface area (Å²) in [5, 5.41) is 19.1. The van der Waals surface area contributed by atoms with Gasteiger partial charge in [-0.05, 0) is 6.07 Å². The first-order valence-electron chi connectivity index (χ1n) is 4.55. The molecule has 1 heterocycles. The fourth-order valence-corrected chi connectivity index (χ4v) is 1.13. The standard InChI is InChI=1S/C10H13N3O2/c1-7(15)10(11)8-2-3-12-6-9(8)13-4-5-14/h2-3,6,11,13-14H,4-5H2,1H3. The van der Waals surface area contributed by atoms with Crippen molar-refractivity contribution in [3.8, 4) is 0 Å². The second-order valence-corrected chi connectivity index (χ2v) is 3.00. The molecule has 0 aromatic carbocycles. The molecule has 0 aliphatic rings. The van der Waals surface area contributed by atoms with Gasteiger partial charge >= 0.3 is 0 Å². The largest absolute Gasteiger partial charge is 0.395 e. The minimum absolute atomic E-state index is 0.0122. The summed E-state index contributed by atoms with van der Waals surface area (Å²) in [7, 11) is 0. The average molecular weight is 207 g/mol. The lowest BCUT2D eigenvalue weighted by Crippen LogP contribution is -2.15. The second-order valence-electron chi connectivity index (χ2n) is 3.00. The van der Waals surface area contributed by atoms with E-state index >= 15 is 0 Å². The maximum absolute atomic E-state index is 11.0. The summed E-state index contributed by atoms with van der Waals surface area (Å²) in [6.45, 7) is 1.70. The molecule has 0 saturated heterocycles. The Kier molecular flexibility index (Phi) is 3.93. The summed E-state index contributed by atoms with van der Waals surface area (Å²) in [6.07, 6.45) is 3.05. The molecule has 80 valence electrons. The van der Waals surface area contributed by atoms with Gasteiger partial charge in [0.25, 0.3) is 0 Å². The lowest BCUT2D eigenvalue weighted by Gasteiger charge is -2.09. The van der Waals surface area contributed by atoms with E-state index in [1.807, 2.05) is 0 Å². The van der Waals surface area contributed by atoms with Crippen LogP contribution in [0.2, 0.25) is 0 Å². The number of hydrogen-bond donors (Lipinski definition) is 3. The highest BCUT2D eigenvalue weighted by Crippen LogP contribution is 2.13. The van der Waals surface area contributed by atoms with Crippen LogP contribution in [0.1, 0.15) is 12.5 Å². The van der Waals surface area contributed by atoms with Crippen LogP contribution in [-0.2, 0) is 4.79 Å². The molecular weight excluding hydrogens is 194 g/mol. The number of anilines is 1. The van der Waals surface area contributed by atoms with Gasteiger partial charge in [0.1, 0.15) is 5.71 Å². The zero-order chi connectivity index (χ0) is 11.3. The Morgan fingerprint density at radius 1 is 1.67 bits per heavy atom. The van der Waals surface area contributed by atoms with Crippen LogP contribution in [-0.4, -0.2) is 34.7 Å². The number of aliphatic hydroxyl groups is 1. The van der Waals surface area contributed by atoms with Gasteiger partial charge in [-0.3, -0.25) is 15.2 Å². The number of hydrogen-bond acceptors (Lipinski definition) is 5. The van der Waals surface area contributed by atoms with Crippen molar-refractivity contribution in [3.63, 3.8) is 0 Å². The number of ketones is 1. The third-order valence-electron chi connectivity index (χ3n) is 1.87. The van der Waals surface area contributed by atoms with Gasteiger partial charge in [0.2, 0.25) is 0 Å². The molecule has 0 saturated carbocycles. The monoisotopic (exact) mass is 207 g/mol. The number of aliphatic hydroxyl groups excluding tert-OH is 1. The van der Waals surface area contributed by atoms with Gasteiger partial charge in [0, 0.05) is 25.2 Å². The Hall–Kier alpha value is -1.75. The topological polar surface area (TPSA) is 86.1 Å². The third kappa shape index (κ3) is 2.85. The van der Waals surface area contributed by atoms with Gasteiger partial charge in [-0.1, -0.05) is 0 Å². The van der Waals surface area contributed by atoms with Crippen LogP contribution in [0.4, 0.5) is 5.69 Å². The van der Waals surface area contributed by atoms with Crippen molar-refractivity contribution < 1.29 is 9.90 Å². The Labute approximate surface area is 87.7 Å². The molecule has 0 bridgehead atoms. The summed E-state index contributed by atoms with van der Waals surface area (Å²) < 4.78 is 0. The molecule has 0 atom stereocenters. The van der Waals surface area contributed by atoms with Crippen molar-refractivity contribution >= 4 is 17.2 Å². The molecule has 0 aliphatic carbocycles. The first-order valence-corrected chi connectivity index (χ1v) is 4.55. The van der Waals surface area contributed by atoms with Crippen LogP contribution in [0, 0.1) is 5.41 Å². The molecule has 3 N–H and O–H groups in total. The maximum atomic E-state index is 11.0. The fraction of sp³-hybridized carbons (Fsp3) is 0.300. The quantitative estimate of drug-likeness (QED) is 0.611. The maximum Gasteiger partial charge on any atom is 0.178 e. The van der Waals surface area contributed by atoms with Gasteiger partial charge < -0.3 is 10.4 Å². The van der Waals surface area contributed by atoms with E-state index in [0.29, 0.717) is 17.8 Å². The van der Waals surface area contributed by atoms with Gasteiger partial charge in [-0.25, -0.2) is 0 Å². The van der Waals surface area contributed by atoms with Crippen LogP contribution < -0.4 is 5.32 Å². The Balaban J connectivity index is 2.95. The normalized spacial score (nSPS) is 9.73. The van der Waals surface area contributed by atoms with Crippen molar-refractivity contribution in [2.24, 2.45) is 0 Å². The van der Waals surface area contributed by atoms with Crippen molar-refractivity contribution in [1.29, 1.82) is 5.41 Å². The number of nitrogens with zero attached hydrogens (tertiary/aromatic N) is 1. The molecule has 5 nitrogen and oxygen atoms in total. The summed E-state index contributed by atoms with van der Waals surface area (Å²) in [5.41, 5.74) is 1.04. The number of aromatic nitrogens is 1. The highest BCUT2D eigenvalue weighted by Gasteiger charge is 2.11. The van der Waals surface area contributed by atoms with Crippen molar-refractivity contribution in [2.45, 2.75) is 6.92 Å². The highest BCUT2D eigenvalue weighted by molar-refractivity contribution is 6.45. The molecule has 1 aromatic rings. The predicted molar refractivity (Wildman–Crippen MR) is 57.3 cm³/mol. The Morgan fingerprint density at radius 3 is 3.00 bits per heavy atom. The summed E-state index contributed by atoms with van der Waals surface area (Å²) >= 11 is 0. The van der Waals surface area contributed by atoms with E-state index in [2.05, 4.69) is 10.3 Å². The average Bonchev–Trinajstić information content (AvgIpc) is 2.25. The van der Waals surface area contributed by atoms with Crippen LogP contribution >= 0.6 is 0 Å². The van der Waals surface area contributed by atoms with E-state index in [1.54, 1.807) is 6.07 Å². The van der Waals surface area contributed by atoms with Crippen molar-refractivity contribution in [3.05, 3.63) is 24.0 Å². The van der Waals surface area contributed by atoms with Gasteiger partial charge in [-0.15, -0.1) is 0 Å². The third-order valence-corrected chi connectivity index (χ3v) is 1.87. The Morgan fingerprint density at radius 2 is 2.40 bits per heavy atom. The fourth-order valence-electron chi connectivity index (χ4n) is 1.13. The molecule has 1 rings (SSSR count). The van der Waals surface area contributed by atoms with Crippen LogP contribution in [0.3, 0.4) is 0 Å². The molecule has 0 radical (unpaired) electrons. The number of pyridine rings is 1. The summed E-state index contributed by atoms with van der Waals surface area (Å²) in [4.78, 5) is 14.9. The molecule has 0 aliphatic heterocycles. The lowest BCUT2D eigenvalue weighted by atomic mass is 10.1. The van der Waals surface area contributed by atoms with Crippen molar-refractivity contribution in [2.75, 3.05) is 18.5 Å². The molecular formula is C10H13N3O2. The molecule has 0 fully saturated rings. The molecule has 5 heteroatoms. The number of carbonyl (C=O) groups is 1. The molecule has 0 amide bonds. The first kappa shape index (κ1) is 11.3. The van der Waals surface area contributed by atoms with Gasteiger partial charge in [-0.2, -0.15) is 0 Å². The second kappa shape index (κ2) is 5.21. The highest BCUT2D eigenvalue weighted by atomic mass is 16.3. The van der Waals surface area contributed by atoms with Gasteiger partial charge in [0.15, 0.2) is 5.78 Å². The first-order chi connectivity index (χ1) is 7.16. The van der Waals surface area contributed by atoms with E-state index < -0.39 is 0 Å². The van der Waals surface area contributed by atoms with E-state index in [0.717, 1.165) is 0 Å². The molecule has 0 spiro atoms. The smallest absolute Gasteiger partial charge is 0.178 e. The Bertz CT molecular complexity index is 377. The van der Waals surface area contributed by atoms with E-state index in [-0.39, 0.29) is 18.1 Å². The summed E-state index contributed by atoms with van der Waals surface area (Å²) in [5.74, 6) is -0.298. The van der Waals surface area contributed by atoms with Crippen molar-refractivity contribution in [1.82, 2.24) is 4.98 Å². The SMILES string of the molecule is CC(=O)C(=N)c1ccncc1NCCO.